The zero-order chi connectivity index (χ0) is 12.3. The van der Waals surface area contributed by atoms with Gasteiger partial charge in [0, 0.05) is 6.04 Å². The first-order chi connectivity index (χ1) is 8.26. The molecule has 2 atom stereocenters. The van der Waals surface area contributed by atoms with E-state index in [9.17, 15) is 0 Å². The van der Waals surface area contributed by atoms with E-state index in [-0.39, 0.29) is 12.0 Å². The van der Waals surface area contributed by atoms with Gasteiger partial charge in [-0.25, -0.2) is 0 Å². The first-order valence-corrected chi connectivity index (χ1v) is 5.92. The number of nitriles is 2. The quantitative estimate of drug-likeness (QED) is 0.841. The minimum atomic E-state index is 0.0713. The minimum Gasteiger partial charge on any atom is -0.380 e. The molecule has 86 valence electrons. The van der Waals surface area contributed by atoms with Crippen molar-refractivity contribution >= 4 is 5.69 Å². The molecule has 2 rings (SSSR count). The highest BCUT2D eigenvalue weighted by Crippen LogP contribution is 2.29. The Morgan fingerprint density at radius 1 is 1.29 bits per heavy atom. The molecule has 1 aromatic rings. The average Bonchev–Trinajstić information content (AvgIpc) is 2.77. The Balaban J connectivity index is 2.23. The Morgan fingerprint density at radius 2 is 2.12 bits per heavy atom. The van der Waals surface area contributed by atoms with Crippen molar-refractivity contribution in [3.05, 3.63) is 29.3 Å². The number of rotatable bonds is 2. The van der Waals surface area contributed by atoms with Crippen LogP contribution < -0.4 is 5.32 Å². The second-order valence-corrected chi connectivity index (χ2v) is 4.53. The molecule has 0 radical (unpaired) electrons. The van der Waals surface area contributed by atoms with E-state index in [0.717, 1.165) is 30.5 Å². The van der Waals surface area contributed by atoms with Gasteiger partial charge < -0.3 is 5.32 Å². The van der Waals surface area contributed by atoms with Crippen LogP contribution in [0, 0.1) is 35.5 Å². The van der Waals surface area contributed by atoms with Crippen LogP contribution in [0.2, 0.25) is 0 Å². The second kappa shape index (κ2) is 4.89. The summed E-state index contributed by atoms with van der Waals surface area (Å²) in [6, 6.07) is 10.5. The van der Waals surface area contributed by atoms with Gasteiger partial charge in [-0.1, -0.05) is 12.1 Å². The Hall–Kier alpha value is -2.00. The van der Waals surface area contributed by atoms with Crippen LogP contribution in [0.25, 0.3) is 0 Å². The van der Waals surface area contributed by atoms with Crippen molar-refractivity contribution < 1.29 is 0 Å². The largest absolute Gasteiger partial charge is 0.380 e. The molecule has 0 aliphatic heterocycles. The Labute approximate surface area is 102 Å². The molecule has 0 saturated heterocycles. The highest BCUT2D eigenvalue weighted by molar-refractivity contribution is 5.61. The van der Waals surface area contributed by atoms with Crippen LogP contribution >= 0.6 is 0 Å². The van der Waals surface area contributed by atoms with Crippen molar-refractivity contribution in [3.63, 3.8) is 0 Å². The van der Waals surface area contributed by atoms with Crippen LogP contribution in [-0.4, -0.2) is 6.04 Å². The fourth-order valence-corrected chi connectivity index (χ4v) is 2.42. The van der Waals surface area contributed by atoms with Gasteiger partial charge in [-0.05, 0) is 37.8 Å². The van der Waals surface area contributed by atoms with E-state index in [1.54, 1.807) is 0 Å². The second-order valence-electron chi connectivity index (χ2n) is 4.53. The van der Waals surface area contributed by atoms with Gasteiger partial charge in [0.1, 0.15) is 6.07 Å². The number of hydrogen-bond donors (Lipinski definition) is 1. The average molecular weight is 225 g/mol. The molecule has 1 N–H and O–H groups in total. The summed E-state index contributed by atoms with van der Waals surface area (Å²) in [5, 5.41) is 21.5. The van der Waals surface area contributed by atoms with Gasteiger partial charge in [0.05, 0.1) is 23.2 Å². The first kappa shape index (κ1) is 11.5. The van der Waals surface area contributed by atoms with Crippen LogP contribution in [0.15, 0.2) is 18.2 Å². The predicted octanol–water partition coefficient (Wildman–Crippen LogP) is 2.97. The van der Waals surface area contributed by atoms with Crippen molar-refractivity contribution in [2.45, 2.75) is 32.2 Å². The third-order valence-corrected chi connectivity index (χ3v) is 3.41. The topological polar surface area (TPSA) is 59.6 Å². The molecule has 0 aromatic heterocycles. The van der Waals surface area contributed by atoms with Crippen molar-refractivity contribution in [2.75, 3.05) is 5.32 Å². The maximum atomic E-state index is 9.14. The molecule has 0 spiro atoms. The van der Waals surface area contributed by atoms with Gasteiger partial charge in [0.15, 0.2) is 0 Å². The molecule has 1 aliphatic rings. The number of hydrogen-bond acceptors (Lipinski definition) is 3. The van der Waals surface area contributed by atoms with E-state index in [1.807, 2.05) is 25.1 Å². The molecule has 1 saturated carbocycles. The van der Waals surface area contributed by atoms with Crippen molar-refractivity contribution in [2.24, 2.45) is 5.92 Å². The molecular formula is C14H15N3. The predicted molar refractivity (Wildman–Crippen MR) is 66.3 cm³/mol. The summed E-state index contributed by atoms with van der Waals surface area (Å²) in [6.07, 6.45) is 3.06. The van der Waals surface area contributed by atoms with Crippen LogP contribution in [0.4, 0.5) is 5.69 Å². The Kier molecular flexibility index (Phi) is 3.30. The summed E-state index contributed by atoms with van der Waals surface area (Å²) in [5.74, 6) is 0.0713. The maximum Gasteiger partial charge on any atom is 0.102 e. The molecule has 0 bridgehead atoms. The number of nitrogens with one attached hydrogen (secondary N) is 1. The molecule has 17 heavy (non-hydrogen) atoms. The van der Waals surface area contributed by atoms with E-state index >= 15 is 0 Å². The maximum absolute atomic E-state index is 9.14. The molecule has 1 aromatic carbocycles. The van der Waals surface area contributed by atoms with Crippen LogP contribution in [0.5, 0.6) is 0 Å². The normalized spacial score (nSPS) is 22.8. The molecule has 0 amide bonds. The zero-order valence-corrected chi connectivity index (χ0v) is 9.90. The van der Waals surface area contributed by atoms with Crippen LogP contribution in [0.3, 0.4) is 0 Å². The lowest BCUT2D eigenvalue weighted by Gasteiger charge is -2.18. The van der Waals surface area contributed by atoms with Crippen molar-refractivity contribution in [1.82, 2.24) is 0 Å². The van der Waals surface area contributed by atoms with Crippen molar-refractivity contribution in [3.8, 4) is 12.1 Å². The van der Waals surface area contributed by atoms with Gasteiger partial charge in [-0.3, -0.25) is 0 Å². The SMILES string of the molecule is Cc1cccc(NC2CCCC2C#N)c1C#N. The number of anilines is 1. The molecular weight excluding hydrogens is 210 g/mol. The number of nitrogens with zero attached hydrogens (tertiary/aromatic N) is 2. The lowest BCUT2D eigenvalue weighted by Crippen LogP contribution is -2.23. The fourth-order valence-electron chi connectivity index (χ4n) is 2.42. The fraction of sp³-hybridized carbons (Fsp3) is 0.429. The summed E-state index contributed by atoms with van der Waals surface area (Å²) in [7, 11) is 0. The van der Waals surface area contributed by atoms with Gasteiger partial charge in [0.25, 0.3) is 0 Å². The summed E-state index contributed by atoms with van der Waals surface area (Å²) in [4.78, 5) is 0. The van der Waals surface area contributed by atoms with E-state index < -0.39 is 0 Å². The van der Waals surface area contributed by atoms with Crippen molar-refractivity contribution in [1.29, 1.82) is 10.5 Å². The summed E-state index contributed by atoms with van der Waals surface area (Å²) in [6.45, 7) is 1.93. The van der Waals surface area contributed by atoms with E-state index in [4.69, 9.17) is 10.5 Å². The molecule has 1 aliphatic carbocycles. The standard InChI is InChI=1S/C14H15N3/c1-10-4-2-7-14(12(10)9-16)17-13-6-3-5-11(13)8-15/h2,4,7,11,13,17H,3,5-6H2,1H3. The van der Waals surface area contributed by atoms with Crippen LogP contribution in [-0.2, 0) is 0 Å². The van der Waals surface area contributed by atoms with Gasteiger partial charge in [-0.15, -0.1) is 0 Å². The summed E-state index contributed by atoms with van der Waals surface area (Å²) >= 11 is 0. The monoisotopic (exact) mass is 225 g/mol. The molecule has 2 unspecified atom stereocenters. The van der Waals surface area contributed by atoms with Gasteiger partial charge in [-0.2, -0.15) is 10.5 Å². The number of benzene rings is 1. The minimum absolute atomic E-state index is 0.0713. The summed E-state index contributed by atoms with van der Waals surface area (Å²) in [5.41, 5.74) is 2.53. The lowest BCUT2D eigenvalue weighted by molar-refractivity contribution is 0.629. The van der Waals surface area contributed by atoms with E-state index in [1.165, 1.54) is 0 Å². The smallest absolute Gasteiger partial charge is 0.102 e. The zero-order valence-electron chi connectivity index (χ0n) is 9.90. The van der Waals surface area contributed by atoms with E-state index in [2.05, 4.69) is 17.5 Å². The van der Waals surface area contributed by atoms with Gasteiger partial charge in [0.2, 0.25) is 0 Å². The lowest BCUT2D eigenvalue weighted by atomic mass is 10.0. The first-order valence-electron chi connectivity index (χ1n) is 5.92. The highest BCUT2D eigenvalue weighted by Gasteiger charge is 2.27. The highest BCUT2D eigenvalue weighted by atomic mass is 14.9. The Bertz CT molecular complexity index is 493. The Morgan fingerprint density at radius 3 is 2.82 bits per heavy atom. The third kappa shape index (κ3) is 2.24. The third-order valence-electron chi connectivity index (χ3n) is 3.41. The van der Waals surface area contributed by atoms with Crippen LogP contribution in [0.1, 0.15) is 30.4 Å². The molecule has 3 nitrogen and oxygen atoms in total. The molecule has 0 heterocycles. The molecule has 1 fully saturated rings. The number of aryl methyl sites for hydroxylation is 1. The van der Waals surface area contributed by atoms with Gasteiger partial charge >= 0.3 is 0 Å². The molecule has 3 heteroatoms. The van der Waals surface area contributed by atoms with E-state index in [0.29, 0.717) is 5.56 Å². The summed E-state index contributed by atoms with van der Waals surface area (Å²) < 4.78 is 0.